The molecule has 0 radical (unpaired) electrons. The quantitative estimate of drug-likeness (QED) is 0.248. The van der Waals surface area contributed by atoms with Crippen molar-refractivity contribution in [3.8, 4) is 0 Å². The third-order valence-corrected chi connectivity index (χ3v) is 4.18. The van der Waals surface area contributed by atoms with Crippen molar-refractivity contribution < 1.29 is 4.74 Å². The number of methoxy groups -OCH3 is 1. The van der Waals surface area contributed by atoms with Crippen LogP contribution in [0.3, 0.4) is 0 Å². The lowest BCUT2D eigenvalue weighted by atomic mass is 10.1. The summed E-state index contributed by atoms with van der Waals surface area (Å²) in [6.45, 7) is 1.57. The average Bonchev–Trinajstić information content (AvgIpc) is 2.53. The van der Waals surface area contributed by atoms with Crippen molar-refractivity contribution in [3.05, 3.63) is 34.9 Å². The summed E-state index contributed by atoms with van der Waals surface area (Å²) in [5.74, 6) is 2.00. The summed E-state index contributed by atoms with van der Waals surface area (Å²) in [7, 11) is 3.48. The highest BCUT2D eigenvalue weighted by Gasteiger charge is 2.11. The Morgan fingerprint density at radius 2 is 2.13 bits per heavy atom. The lowest BCUT2D eigenvalue weighted by molar-refractivity contribution is 0.106. The first-order valence-corrected chi connectivity index (χ1v) is 9.20. The van der Waals surface area contributed by atoms with Gasteiger partial charge in [-0.3, -0.25) is 4.99 Å². The molecule has 132 valence electrons. The third kappa shape index (κ3) is 9.64. The second kappa shape index (κ2) is 14.2. The maximum atomic E-state index is 6.03. The molecule has 0 aliphatic carbocycles. The van der Waals surface area contributed by atoms with Gasteiger partial charge in [-0.1, -0.05) is 23.7 Å². The Kier molecular flexibility index (Phi) is 14.1. The van der Waals surface area contributed by atoms with Crippen molar-refractivity contribution in [3.63, 3.8) is 0 Å². The molecular formula is C16H27ClIN3OS. The van der Waals surface area contributed by atoms with Crippen molar-refractivity contribution in [1.82, 2.24) is 10.6 Å². The van der Waals surface area contributed by atoms with E-state index in [4.69, 9.17) is 16.3 Å². The normalized spacial score (nSPS) is 12.4. The molecule has 1 aromatic carbocycles. The molecule has 4 nitrogen and oxygen atoms in total. The Bertz CT molecular complexity index is 463. The van der Waals surface area contributed by atoms with Gasteiger partial charge in [0.05, 0.1) is 6.10 Å². The fourth-order valence-electron chi connectivity index (χ4n) is 2.03. The molecule has 0 aromatic heterocycles. The van der Waals surface area contributed by atoms with Crippen molar-refractivity contribution >= 4 is 53.3 Å². The van der Waals surface area contributed by atoms with Gasteiger partial charge in [0, 0.05) is 32.3 Å². The monoisotopic (exact) mass is 471 g/mol. The Labute approximate surface area is 166 Å². The lowest BCUT2D eigenvalue weighted by Crippen LogP contribution is -2.40. The van der Waals surface area contributed by atoms with Crippen LogP contribution in [0.4, 0.5) is 0 Å². The summed E-state index contributed by atoms with van der Waals surface area (Å²) in [6.07, 6.45) is 4.43. The summed E-state index contributed by atoms with van der Waals surface area (Å²) < 4.78 is 5.54. The standard InChI is InChI=1S/C16H26ClN3OS.HI/c1-18-16(19-9-4-5-10-22-3)20-12-15(21-2)13-7-6-8-14(17)11-13;/h6-8,11,15H,4-5,9-10,12H2,1-3H3,(H2,18,19,20);1H. The zero-order valence-corrected chi connectivity index (χ0v) is 17.9. The summed E-state index contributed by atoms with van der Waals surface area (Å²) in [4.78, 5) is 4.23. The minimum absolute atomic E-state index is 0. The van der Waals surface area contributed by atoms with Crippen LogP contribution in [0.15, 0.2) is 29.3 Å². The van der Waals surface area contributed by atoms with Gasteiger partial charge in [-0.2, -0.15) is 11.8 Å². The molecular weight excluding hydrogens is 445 g/mol. The Hall–Kier alpha value is -0.180. The van der Waals surface area contributed by atoms with Gasteiger partial charge in [0.25, 0.3) is 0 Å². The van der Waals surface area contributed by atoms with Gasteiger partial charge in [-0.05, 0) is 42.5 Å². The van der Waals surface area contributed by atoms with Crippen LogP contribution in [-0.4, -0.2) is 45.2 Å². The second-order valence-electron chi connectivity index (χ2n) is 4.86. The molecule has 0 fully saturated rings. The largest absolute Gasteiger partial charge is 0.375 e. The van der Waals surface area contributed by atoms with Crippen molar-refractivity contribution in [2.45, 2.75) is 18.9 Å². The zero-order chi connectivity index (χ0) is 16.2. The van der Waals surface area contributed by atoms with E-state index in [1.165, 1.54) is 12.2 Å². The molecule has 0 spiro atoms. The number of benzene rings is 1. The molecule has 1 unspecified atom stereocenters. The van der Waals surface area contributed by atoms with E-state index >= 15 is 0 Å². The van der Waals surface area contributed by atoms with Crippen LogP contribution in [0.25, 0.3) is 0 Å². The van der Waals surface area contributed by atoms with E-state index in [-0.39, 0.29) is 30.1 Å². The topological polar surface area (TPSA) is 45.7 Å². The maximum Gasteiger partial charge on any atom is 0.191 e. The SMILES string of the molecule is CN=C(NCCCCSC)NCC(OC)c1cccc(Cl)c1.I. The molecule has 0 amide bonds. The number of ether oxygens (including phenoxy) is 1. The molecule has 0 saturated carbocycles. The van der Waals surface area contributed by atoms with Gasteiger partial charge in [-0.15, -0.1) is 24.0 Å². The zero-order valence-electron chi connectivity index (χ0n) is 14.0. The first-order chi connectivity index (χ1) is 10.7. The van der Waals surface area contributed by atoms with Crippen LogP contribution in [0.1, 0.15) is 24.5 Å². The van der Waals surface area contributed by atoms with Crippen molar-refractivity contribution in [2.24, 2.45) is 4.99 Å². The van der Waals surface area contributed by atoms with E-state index < -0.39 is 0 Å². The van der Waals surface area contributed by atoms with Crippen molar-refractivity contribution in [2.75, 3.05) is 39.3 Å². The average molecular weight is 472 g/mol. The molecule has 7 heteroatoms. The van der Waals surface area contributed by atoms with E-state index in [0.29, 0.717) is 6.54 Å². The molecule has 1 atom stereocenters. The van der Waals surface area contributed by atoms with Crippen molar-refractivity contribution in [1.29, 1.82) is 0 Å². The molecule has 1 aromatic rings. The van der Waals surface area contributed by atoms with Crippen LogP contribution >= 0.6 is 47.3 Å². The van der Waals surface area contributed by atoms with Gasteiger partial charge in [0.15, 0.2) is 5.96 Å². The van der Waals surface area contributed by atoms with Gasteiger partial charge in [-0.25, -0.2) is 0 Å². The highest BCUT2D eigenvalue weighted by Crippen LogP contribution is 2.19. The van der Waals surface area contributed by atoms with E-state index in [1.54, 1.807) is 14.2 Å². The molecule has 2 N–H and O–H groups in total. The van der Waals surface area contributed by atoms with E-state index in [2.05, 4.69) is 21.9 Å². The number of hydrogen-bond donors (Lipinski definition) is 2. The number of halogens is 2. The summed E-state index contributed by atoms with van der Waals surface area (Å²) >= 11 is 7.91. The number of aliphatic imine (C=N–C) groups is 1. The van der Waals surface area contributed by atoms with Crippen LogP contribution < -0.4 is 10.6 Å². The molecule has 0 bridgehead atoms. The van der Waals surface area contributed by atoms with Gasteiger partial charge < -0.3 is 15.4 Å². The minimum Gasteiger partial charge on any atom is -0.375 e. The number of guanidine groups is 1. The fourth-order valence-corrected chi connectivity index (χ4v) is 2.72. The third-order valence-electron chi connectivity index (χ3n) is 3.25. The van der Waals surface area contributed by atoms with Crippen LogP contribution in [0, 0.1) is 0 Å². The Morgan fingerprint density at radius 3 is 2.74 bits per heavy atom. The first kappa shape index (κ1) is 22.8. The summed E-state index contributed by atoms with van der Waals surface area (Å²) in [5.41, 5.74) is 1.05. The number of unbranched alkanes of at least 4 members (excludes halogenated alkanes) is 1. The Morgan fingerprint density at radius 1 is 1.35 bits per heavy atom. The molecule has 0 aliphatic rings. The number of nitrogens with zero attached hydrogens (tertiary/aromatic N) is 1. The highest BCUT2D eigenvalue weighted by atomic mass is 127. The predicted octanol–water partition coefficient (Wildman–Crippen LogP) is 3.95. The lowest BCUT2D eigenvalue weighted by Gasteiger charge is -2.19. The predicted molar refractivity (Wildman–Crippen MR) is 114 cm³/mol. The van der Waals surface area contributed by atoms with Crippen LogP contribution in [-0.2, 0) is 4.74 Å². The minimum atomic E-state index is -0.0614. The van der Waals surface area contributed by atoms with Gasteiger partial charge in [0.2, 0.25) is 0 Å². The molecule has 23 heavy (non-hydrogen) atoms. The molecule has 0 saturated heterocycles. The molecule has 0 heterocycles. The van der Waals surface area contributed by atoms with E-state index in [1.807, 2.05) is 36.0 Å². The van der Waals surface area contributed by atoms with Crippen LogP contribution in [0.2, 0.25) is 5.02 Å². The Balaban J connectivity index is 0.00000484. The number of nitrogens with one attached hydrogen (secondary N) is 2. The van der Waals surface area contributed by atoms with E-state index in [0.717, 1.165) is 29.5 Å². The van der Waals surface area contributed by atoms with Crippen LogP contribution in [0.5, 0.6) is 0 Å². The number of hydrogen-bond acceptors (Lipinski definition) is 3. The second-order valence-corrected chi connectivity index (χ2v) is 6.28. The maximum absolute atomic E-state index is 6.03. The number of thioether (sulfide) groups is 1. The molecule has 0 aliphatic heterocycles. The first-order valence-electron chi connectivity index (χ1n) is 7.43. The van der Waals surface area contributed by atoms with Gasteiger partial charge >= 0.3 is 0 Å². The summed E-state index contributed by atoms with van der Waals surface area (Å²) in [5, 5.41) is 7.33. The number of rotatable bonds is 9. The highest BCUT2D eigenvalue weighted by molar-refractivity contribution is 14.0. The summed E-state index contributed by atoms with van der Waals surface area (Å²) in [6, 6.07) is 7.74. The molecule has 1 rings (SSSR count). The smallest absolute Gasteiger partial charge is 0.191 e. The fraction of sp³-hybridized carbons (Fsp3) is 0.562. The van der Waals surface area contributed by atoms with E-state index in [9.17, 15) is 0 Å². The van der Waals surface area contributed by atoms with Gasteiger partial charge in [0.1, 0.15) is 0 Å².